The highest BCUT2D eigenvalue weighted by Crippen LogP contribution is 1.86. The van der Waals surface area contributed by atoms with Crippen molar-refractivity contribution in [2.45, 2.75) is 13.0 Å². The van der Waals surface area contributed by atoms with E-state index >= 15 is 0 Å². The van der Waals surface area contributed by atoms with Crippen LogP contribution in [-0.4, -0.2) is 30.8 Å². The number of carboxylic acid groups (broad SMARTS) is 1. The Bertz CT molecular complexity index is 145. The van der Waals surface area contributed by atoms with Crippen LogP contribution in [0.15, 0.2) is 12.3 Å². The van der Waals surface area contributed by atoms with Crippen molar-refractivity contribution in [2.24, 2.45) is 0 Å². The highest BCUT2D eigenvalue weighted by molar-refractivity contribution is 5.73. The molecule has 0 rings (SSSR count). The van der Waals surface area contributed by atoms with Crippen molar-refractivity contribution in [2.75, 3.05) is 13.7 Å². The Balaban J connectivity index is 3.61. The predicted octanol–water partition coefficient (Wildman–Crippen LogP) is 0.209. The smallest absolute Gasteiger partial charge is 0.324 e. The molecule has 0 heterocycles. The van der Waals surface area contributed by atoms with Crippen molar-refractivity contribution >= 4 is 5.97 Å². The summed E-state index contributed by atoms with van der Waals surface area (Å²) < 4.78 is 4.87. The molecule has 0 aromatic carbocycles. The number of hydrogen-bond donors (Lipinski definition) is 2. The molecule has 64 valence electrons. The van der Waals surface area contributed by atoms with Gasteiger partial charge in [-0.25, -0.2) is 0 Å². The molecule has 0 unspecified atom stereocenters. The fourth-order valence-electron chi connectivity index (χ4n) is 0.526. The minimum absolute atomic E-state index is 0.149. The summed E-state index contributed by atoms with van der Waals surface area (Å²) in [5.74, 6) is -0.906. The van der Waals surface area contributed by atoms with Gasteiger partial charge in [0.15, 0.2) is 0 Å². The Labute approximate surface area is 65.9 Å². The maximum Gasteiger partial charge on any atom is 0.324 e. The van der Waals surface area contributed by atoms with Crippen molar-refractivity contribution in [3.8, 4) is 0 Å². The summed E-state index contributed by atoms with van der Waals surface area (Å²) in [6.45, 7) is 1.95. The minimum atomic E-state index is -0.906. The van der Waals surface area contributed by atoms with Gasteiger partial charge in [-0.1, -0.05) is 6.08 Å². The van der Waals surface area contributed by atoms with E-state index in [-0.39, 0.29) is 6.61 Å². The van der Waals surface area contributed by atoms with Crippen LogP contribution in [-0.2, 0) is 9.53 Å². The number of carbonyl (C=O) groups is 1. The summed E-state index contributed by atoms with van der Waals surface area (Å²) >= 11 is 0. The van der Waals surface area contributed by atoms with Gasteiger partial charge in [-0.2, -0.15) is 0 Å². The molecule has 0 aliphatic heterocycles. The second kappa shape index (κ2) is 5.73. The number of likely N-dealkylation sites (N-methyl/N-ethyl adjacent to an activating group) is 1. The van der Waals surface area contributed by atoms with Crippen LogP contribution in [0.1, 0.15) is 6.92 Å². The molecule has 0 amide bonds. The third-order valence-electron chi connectivity index (χ3n) is 1.14. The molecule has 11 heavy (non-hydrogen) atoms. The van der Waals surface area contributed by atoms with E-state index in [2.05, 4.69) is 5.32 Å². The lowest BCUT2D eigenvalue weighted by atomic mass is 10.3. The second-order valence-corrected chi connectivity index (χ2v) is 1.98. The molecule has 0 radical (unpaired) electrons. The normalized spacial score (nSPS) is 13.3. The number of allylic oxidation sites excluding steroid dienone is 1. The zero-order valence-corrected chi connectivity index (χ0v) is 6.70. The maximum atomic E-state index is 10.4. The van der Waals surface area contributed by atoms with Crippen LogP contribution >= 0.6 is 0 Å². The van der Waals surface area contributed by atoms with Gasteiger partial charge < -0.3 is 15.2 Å². The van der Waals surface area contributed by atoms with Crippen molar-refractivity contribution in [3.05, 3.63) is 12.3 Å². The average molecular weight is 159 g/mol. The molecule has 0 aliphatic carbocycles. The van der Waals surface area contributed by atoms with Crippen LogP contribution in [0.5, 0.6) is 0 Å². The summed E-state index contributed by atoms with van der Waals surface area (Å²) in [6, 6.07) is -0.633. The maximum absolute atomic E-state index is 10.4. The zero-order valence-electron chi connectivity index (χ0n) is 6.70. The molecular weight excluding hydrogens is 146 g/mol. The van der Waals surface area contributed by atoms with Gasteiger partial charge in [0.1, 0.15) is 12.6 Å². The number of rotatable bonds is 5. The van der Waals surface area contributed by atoms with Gasteiger partial charge in [0, 0.05) is 0 Å². The summed E-state index contributed by atoms with van der Waals surface area (Å²) in [7, 11) is 1.58. The average Bonchev–Trinajstić information content (AvgIpc) is 1.97. The van der Waals surface area contributed by atoms with Gasteiger partial charge in [-0.15, -0.1) is 0 Å². The predicted molar refractivity (Wildman–Crippen MR) is 41.2 cm³/mol. The van der Waals surface area contributed by atoms with Crippen LogP contribution in [0.2, 0.25) is 0 Å². The van der Waals surface area contributed by atoms with Crippen molar-refractivity contribution < 1.29 is 14.6 Å². The van der Waals surface area contributed by atoms with E-state index < -0.39 is 12.0 Å². The number of carboxylic acids is 1. The molecule has 0 fully saturated rings. The van der Waals surface area contributed by atoms with Crippen LogP contribution in [0, 0.1) is 0 Å². The molecule has 2 N–H and O–H groups in total. The molecule has 0 bridgehead atoms. The van der Waals surface area contributed by atoms with Crippen molar-refractivity contribution in [1.29, 1.82) is 0 Å². The lowest BCUT2D eigenvalue weighted by molar-refractivity contribution is -0.140. The first-order valence-corrected chi connectivity index (χ1v) is 3.35. The lowest BCUT2D eigenvalue weighted by Crippen LogP contribution is -2.37. The molecule has 1 atom stereocenters. The number of hydrogen-bond acceptors (Lipinski definition) is 3. The summed E-state index contributed by atoms with van der Waals surface area (Å²) in [5.41, 5.74) is 0. The largest absolute Gasteiger partial charge is 0.499 e. The minimum Gasteiger partial charge on any atom is -0.499 e. The molecule has 0 aromatic heterocycles. The third-order valence-corrected chi connectivity index (χ3v) is 1.14. The topological polar surface area (TPSA) is 58.6 Å². The van der Waals surface area contributed by atoms with Gasteiger partial charge in [-0.05, 0) is 14.0 Å². The third kappa shape index (κ3) is 4.38. The molecule has 4 nitrogen and oxygen atoms in total. The van der Waals surface area contributed by atoms with Gasteiger partial charge in [-0.3, -0.25) is 4.79 Å². The van der Waals surface area contributed by atoms with E-state index in [1.165, 1.54) is 6.26 Å². The highest BCUT2D eigenvalue weighted by atomic mass is 16.5. The summed E-state index contributed by atoms with van der Waals surface area (Å²) in [4.78, 5) is 10.4. The summed E-state index contributed by atoms with van der Waals surface area (Å²) in [5, 5.41) is 11.1. The Hall–Kier alpha value is -1.03. The van der Waals surface area contributed by atoms with E-state index in [1.54, 1.807) is 20.0 Å². The number of ether oxygens (including phenoxy) is 1. The summed E-state index contributed by atoms with van der Waals surface area (Å²) in [6.07, 6.45) is 3.17. The van der Waals surface area contributed by atoms with Crippen LogP contribution in [0.4, 0.5) is 0 Å². The van der Waals surface area contributed by atoms with E-state index in [4.69, 9.17) is 9.84 Å². The van der Waals surface area contributed by atoms with Gasteiger partial charge in [0.25, 0.3) is 0 Å². The Morgan fingerprint density at radius 2 is 2.45 bits per heavy atom. The molecule has 0 spiro atoms. The first-order valence-electron chi connectivity index (χ1n) is 3.35. The van der Waals surface area contributed by atoms with Gasteiger partial charge in [0.05, 0.1) is 6.26 Å². The van der Waals surface area contributed by atoms with Crippen molar-refractivity contribution in [1.82, 2.24) is 5.32 Å². The molecule has 0 saturated heterocycles. The molecule has 4 heteroatoms. The van der Waals surface area contributed by atoms with Gasteiger partial charge in [0.2, 0.25) is 0 Å². The van der Waals surface area contributed by atoms with E-state index in [1.807, 2.05) is 0 Å². The van der Waals surface area contributed by atoms with E-state index in [0.717, 1.165) is 0 Å². The SMILES string of the molecule is CC=COC[C@H](NC)C(=O)O. The lowest BCUT2D eigenvalue weighted by Gasteiger charge is -2.09. The quantitative estimate of drug-likeness (QED) is 0.563. The first kappa shape index (κ1) is 9.97. The van der Waals surface area contributed by atoms with Crippen LogP contribution in [0.3, 0.4) is 0 Å². The highest BCUT2D eigenvalue weighted by Gasteiger charge is 2.13. The fraction of sp³-hybridized carbons (Fsp3) is 0.571. The molecule has 0 aromatic rings. The van der Waals surface area contributed by atoms with Crippen molar-refractivity contribution in [3.63, 3.8) is 0 Å². The van der Waals surface area contributed by atoms with Gasteiger partial charge >= 0.3 is 5.97 Å². The Morgan fingerprint density at radius 1 is 1.82 bits per heavy atom. The standard InChI is InChI=1S/C7H13NO3/c1-3-4-11-5-6(8-2)7(9)10/h3-4,6,8H,5H2,1-2H3,(H,9,10)/t6-/m0/s1. The Morgan fingerprint density at radius 3 is 2.82 bits per heavy atom. The van der Waals surface area contributed by atoms with Crippen LogP contribution in [0.25, 0.3) is 0 Å². The first-order chi connectivity index (χ1) is 5.22. The second-order valence-electron chi connectivity index (χ2n) is 1.98. The Kier molecular flexibility index (Phi) is 5.20. The number of aliphatic carboxylic acids is 1. The monoisotopic (exact) mass is 159 g/mol. The van der Waals surface area contributed by atoms with Crippen LogP contribution < -0.4 is 5.32 Å². The van der Waals surface area contributed by atoms with E-state index in [9.17, 15) is 4.79 Å². The zero-order chi connectivity index (χ0) is 8.69. The fourth-order valence-corrected chi connectivity index (χ4v) is 0.526. The molecular formula is C7H13NO3. The molecule has 0 aliphatic rings. The number of nitrogens with one attached hydrogen (secondary N) is 1. The van der Waals surface area contributed by atoms with E-state index in [0.29, 0.717) is 0 Å². The molecule has 0 saturated carbocycles.